The van der Waals surface area contributed by atoms with Crippen LogP contribution in [0.25, 0.3) is 0 Å². The minimum atomic E-state index is -0.493. The summed E-state index contributed by atoms with van der Waals surface area (Å²) in [7, 11) is 4.04. The molecule has 2 rings (SSSR count). The first-order valence-electron chi connectivity index (χ1n) is 8.97. The first-order valence-corrected chi connectivity index (χ1v) is 8.97. The monoisotopic (exact) mass is 333 g/mol. The van der Waals surface area contributed by atoms with Crippen molar-refractivity contribution in [1.29, 1.82) is 0 Å². The van der Waals surface area contributed by atoms with Crippen LogP contribution in [0, 0.1) is 0 Å². The summed E-state index contributed by atoms with van der Waals surface area (Å²) in [4.78, 5) is 14.3. The number of benzene rings is 1. The number of likely N-dealkylation sites (N-methyl/N-ethyl adjacent to an activating group) is 1. The Bertz CT molecular complexity index is 496. The molecule has 1 atom stereocenters. The number of ether oxygens (including phenoxy) is 1. The number of nitrogens with one attached hydrogen (secondary N) is 1. The highest BCUT2D eigenvalue weighted by molar-refractivity contribution is 5.82. The largest absolute Gasteiger partial charge is 0.492 e. The van der Waals surface area contributed by atoms with Gasteiger partial charge in [-0.25, -0.2) is 0 Å². The number of carbonyl (C=O) groups is 1. The average Bonchev–Trinajstić information content (AvgIpc) is 2.57. The van der Waals surface area contributed by atoms with Crippen LogP contribution in [0.2, 0.25) is 0 Å². The van der Waals surface area contributed by atoms with E-state index in [0.29, 0.717) is 19.1 Å². The lowest BCUT2D eigenvalue weighted by Gasteiger charge is -2.24. The summed E-state index contributed by atoms with van der Waals surface area (Å²) in [6.07, 6.45) is 6.40. The van der Waals surface area contributed by atoms with Crippen LogP contribution < -0.4 is 15.8 Å². The highest BCUT2D eigenvalue weighted by Crippen LogP contribution is 2.18. The van der Waals surface area contributed by atoms with E-state index >= 15 is 0 Å². The number of amides is 1. The van der Waals surface area contributed by atoms with E-state index in [9.17, 15) is 4.79 Å². The highest BCUT2D eigenvalue weighted by Gasteiger charge is 2.20. The summed E-state index contributed by atoms with van der Waals surface area (Å²) in [5.74, 6) is 0.814. The first-order chi connectivity index (χ1) is 11.5. The third-order valence-corrected chi connectivity index (χ3v) is 4.47. The molecule has 1 aliphatic carbocycles. The van der Waals surface area contributed by atoms with E-state index in [1.807, 2.05) is 38.4 Å². The van der Waals surface area contributed by atoms with Crippen molar-refractivity contribution in [2.24, 2.45) is 5.73 Å². The van der Waals surface area contributed by atoms with E-state index in [2.05, 4.69) is 10.2 Å². The molecule has 134 valence electrons. The maximum Gasteiger partial charge on any atom is 0.237 e. The minimum Gasteiger partial charge on any atom is -0.492 e. The Morgan fingerprint density at radius 1 is 1.25 bits per heavy atom. The fraction of sp³-hybridized carbons (Fsp3) is 0.632. The van der Waals surface area contributed by atoms with Gasteiger partial charge in [0.15, 0.2) is 0 Å². The Balaban J connectivity index is 1.76. The molecular weight excluding hydrogens is 302 g/mol. The van der Waals surface area contributed by atoms with Crippen LogP contribution in [0.5, 0.6) is 5.75 Å². The van der Waals surface area contributed by atoms with Gasteiger partial charge in [-0.1, -0.05) is 31.4 Å². The molecule has 0 bridgehead atoms. The summed E-state index contributed by atoms with van der Waals surface area (Å²) < 4.78 is 5.67. The van der Waals surface area contributed by atoms with E-state index in [0.717, 1.165) is 30.7 Å². The van der Waals surface area contributed by atoms with Crippen molar-refractivity contribution in [3.05, 3.63) is 29.8 Å². The second-order valence-electron chi connectivity index (χ2n) is 6.95. The summed E-state index contributed by atoms with van der Waals surface area (Å²) in [5, 5.41) is 3.10. The van der Waals surface area contributed by atoms with Crippen molar-refractivity contribution in [3.8, 4) is 5.75 Å². The van der Waals surface area contributed by atoms with Gasteiger partial charge in [-0.05, 0) is 51.1 Å². The van der Waals surface area contributed by atoms with Crippen LogP contribution in [0.1, 0.15) is 37.7 Å². The molecule has 1 aliphatic rings. The summed E-state index contributed by atoms with van der Waals surface area (Å²) in [6, 6.07) is 7.67. The molecule has 5 heteroatoms. The number of rotatable bonds is 8. The quantitative estimate of drug-likeness (QED) is 0.763. The van der Waals surface area contributed by atoms with E-state index in [4.69, 9.17) is 10.5 Å². The maximum absolute atomic E-state index is 12.2. The lowest BCUT2D eigenvalue weighted by atomic mass is 9.95. The molecule has 1 aromatic carbocycles. The SMILES string of the molecule is CN(C)CCOc1ccc(C[C@H](N)C(=O)NC2CCCCC2)cc1. The lowest BCUT2D eigenvalue weighted by molar-refractivity contribution is -0.123. The van der Waals surface area contributed by atoms with Crippen molar-refractivity contribution in [2.75, 3.05) is 27.2 Å². The topological polar surface area (TPSA) is 67.6 Å². The predicted molar refractivity (Wildman–Crippen MR) is 97.2 cm³/mol. The fourth-order valence-electron chi connectivity index (χ4n) is 2.97. The van der Waals surface area contributed by atoms with E-state index in [1.54, 1.807) is 0 Å². The van der Waals surface area contributed by atoms with Crippen molar-refractivity contribution in [1.82, 2.24) is 10.2 Å². The van der Waals surface area contributed by atoms with Crippen molar-refractivity contribution < 1.29 is 9.53 Å². The maximum atomic E-state index is 12.2. The zero-order valence-corrected chi connectivity index (χ0v) is 15.0. The van der Waals surface area contributed by atoms with Crippen molar-refractivity contribution in [3.63, 3.8) is 0 Å². The summed E-state index contributed by atoms with van der Waals surface area (Å²) in [5.41, 5.74) is 7.13. The molecule has 0 spiro atoms. The number of hydrogen-bond acceptors (Lipinski definition) is 4. The smallest absolute Gasteiger partial charge is 0.237 e. The minimum absolute atomic E-state index is 0.0341. The van der Waals surface area contributed by atoms with Gasteiger partial charge in [0.25, 0.3) is 0 Å². The van der Waals surface area contributed by atoms with Gasteiger partial charge in [-0.3, -0.25) is 4.79 Å². The van der Waals surface area contributed by atoms with E-state index in [-0.39, 0.29) is 5.91 Å². The van der Waals surface area contributed by atoms with Gasteiger partial charge in [0.2, 0.25) is 5.91 Å². The van der Waals surface area contributed by atoms with Crippen LogP contribution in [0.3, 0.4) is 0 Å². The van der Waals surface area contributed by atoms with Crippen LogP contribution >= 0.6 is 0 Å². The van der Waals surface area contributed by atoms with Gasteiger partial charge in [0.1, 0.15) is 12.4 Å². The molecule has 0 saturated heterocycles. The standard InChI is InChI=1S/C19H31N3O2/c1-22(2)12-13-24-17-10-8-15(9-11-17)14-18(20)19(23)21-16-6-4-3-5-7-16/h8-11,16,18H,3-7,12-14,20H2,1-2H3,(H,21,23)/t18-/m0/s1. The molecule has 0 aromatic heterocycles. The summed E-state index contributed by atoms with van der Waals surface area (Å²) >= 11 is 0. The Hall–Kier alpha value is -1.59. The third-order valence-electron chi connectivity index (χ3n) is 4.47. The number of nitrogens with zero attached hydrogens (tertiary/aromatic N) is 1. The van der Waals surface area contributed by atoms with Gasteiger partial charge < -0.3 is 20.7 Å². The number of carbonyl (C=O) groups excluding carboxylic acids is 1. The molecule has 5 nitrogen and oxygen atoms in total. The molecule has 24 heavy (non-hydrogen) atoms. The average molecular weight is 333 g/mol. The van der Waals surface area contributed by atoms with E-state index in [1.165, 1.54) is 19.3 Å². The summed E-state index contributed by atoms with van der Waals surface area (Å²) in [6.45, 7) is 1.55. The second kappa shape index (κ2) is 9.64. The molecule has 0 heterocycles. The zero-order valence-electron chi connectivity index (χ0n) is 15.0. The van der Waals surface area contributed by atoms with Crippen molar-refractivity contribution in [2.45, 2.75) is 50.6 Å². The Kier molecular flexibility index (Phi) is 7.53. The number of hydrogen-bond donors (Lipinski definition) is 2. The van der Waals surface area contributed by atoms with E-state index < -0.39 is 6.04 Å². The molecule has 1 saturated carbocycles. The van der Waals surface area contributed by atoms with Crippen LogP contribution in [-0.4, -0.2) is 50.1 Å². The molecular formula is C19H31N3O2. The molecule has 1 fully saturated rings. The second-order valence-corrected chi connectivity index (χ2v) is 6.95. The van der Waals surface area contributed by atoms with Gasteiger partial charge in [0, 0.05) is 12.6 Å². The first kappa shape index (κ1) is 18.7. The number of nitrogens with two attached hydrogens (primary N) is 1. The third kappa shape index (κ3) is 6.49. The fourth-order valence-corrected chi connectivity index (χ4v) is 2.97. The van der Waals surface area contributed by atoms with Gasteiger partial charge >= 0.3 is 0 Å². The Morgan fingerprint density at radius 2 is 1.92 bits per heavy atom. The highest BCUT2D eigenvalue weighted by atomic mass is 16.5. The molecule has 3 N–H and O–H groups in total. The predicted octanol–water partition coefficient (Wildman–Crippen LogP) is 1.95. The molecule has 0 radical (unpaired) electrons. The van der Waals surface area contributed by atoms with Gasteiger partial charge in [-0.2, -0.15) is 0 Å². The van der Waals surface area contributed by atoms with Crippen LogP contribution in [0.15, 0.2) is 24.3 Å². The lowest BCUT2D eigenvalue weighted by Crippen LogP contribution is -2.46. The zero-order chi connectivity index (χ0) is 17.4. The Labute approximate surface area is 145 Å². The molecule has 0 unspecified atom stereocenters. The van der Waals surface area contributed by atoms with Gasteiger partial charge in [-0.15, -0.1) is 0 Å². The van der Waals surface area contributed by atoms with Crippen molar-refractivity contribution >= 4 is 5.91 Å². The normalized spacial score (nSPS) is 16.8. The molecule has 1 aromatic rings. The molecule has 1 amide bonds. The Morgan fingerprint density at radius 3 is 2.54 bits per heavy atom. The molecule has 0 aliphatic heterocycles. The van der Waals surface area contributed by atoms with Gasteiger partial charge in [0.05, 0.1) is 6.04 Å². The van der Waals surface area contributed by atoms with Crippen LogP contribution in [-0.2, 0) is 11.2 Å². The van der Waals surface area contributed by atoms with Crippen LogP contribution in [0.4, 0.5) is 0 Å².